The van der Waals surface area contributed by atoms with Crippen LogP contribution in [0.3, 0.4) is 0 Å². The summed E-state index contributed by atoms with van der Waals surface area (Å²) in [7, 11) is 1.88. The quantitative estimate of drug-likeness (QED) is 0.876. The third kappa shape index (κ3) is 2.91. The summed E-state index contributed by atoms with van der Waals surface area (Å²) >= 11 is 1.69. The summed E-state index contributed by atoms with van der Waals surface area (Å²) in [4.78, 5) is 15.6. The fraction of sp³-hybridized carbons (Fsp3) is 0.615. The van der Waals surface area contributed by atoms with E-state index in [4.69, 9.17) is 4.74 Å². The van der Waals surface area contributed by atoms with Gasteiger partial charge in [-0.25, -0.2) is 0 Å². The maximum Gasteiger partial charge on any atom is 0.230 e. The number of amides is 1. The molecule has 2 unspecified atom stereocenters. The first-order chi connectivity index (χ1) is 8.76. The third-order valence-corrected chi connectivity index (χ3v) is 4.25. The van der Waals surface area contributed by atoms with Crippen LogP contribution < -0.4 is 5.32 Å². The largest absolute Gasteiger partial charge is 0.379 e. The second kappa shape index (κ2) is 6.31. The molecule has 1 aromatic heterocycles. The number of nitrogens with one attached hydrogen (secondary N) is 1. The van der Waals surface area contributed by atoms with Crippen LogP contribution in [0.2, 0.25) is 0 Å². The Morgan fingerprint density at radius 1 is 1.61 bits per heavy atom. The molecule has 0 bridgehead atoms. The molecule has 4 nitrogen and oxygen atoms in total. The topological polar surface area (TPSA) is 41.6 Å². The van der Waals surface area contributed by atoms with Crippen molar-refractivity contribution >= 4 is 17.2 Å². The van der Waals surface area contributed by atoms with E-state index in [1.807, 2.05) is 30.3 Å². The molecule has 2 atom stereocenters. The van der Waals surface area contributed by atoms with E-state index in [-0.39, 0.29) is 17.9 Å². The number of carbonyl (C=O) groups is 1. The molecule has 0 radical (unpaired) electrons. The highest BCUT2D eigenvalue weighted by atomic mass is 32.1. The Morgan fingerprint density at radius 2 is 2.44 bits per heavy atom. The van der Waals surface area contributed by atoms with Gasteiger partial charge in [0.25, 0.3) is 0 Å². The van der Waals surface area contributed by atoms with Gasteiger partial charge in [-0.2, -0.15) is 0 Å². The molecule has 0 aromatic carbocycles. The van der Waals surface area contributed by atoms with E-state index < -0.39 is 0 Å². The molecule has 100 valence electrons. The number of rotatable bonds is 5. The average molecular weight is 268 g/mol. The van der Waals surface area contributed by atoms with Crippen molar-refractivity contribution in [3.8, 4) is 0 Å². The van der Waals surface area contributed by atoms with Gasteiger partial charge in [0.2, 0.25) is 5.91 Å². The van der Waals surface area contributed by atoms with Gasteiger partial charge in [-0.05, 0) is 25.4 Å². The van der Waals surface area contributed by atoms with Gasteiger partial charge in [0, 0.05) is 17.5 Å². The molecule has 0 saturated carbocycles. The number of nitrogens with zero attached hydrogens (tertiary/aromatic N) is 1. The van der Waals surface area contributed by atoms with Gasteiger partial charge < -0.3 is 15.0 Å². The lowest BCUT2D eigenvalue weighted by atomic mass is 10.0. The van der Waals surface area contributed by atoms with Crippen molar-refractivity contribution in [2.45, 2.75) is 19.5 Å². The van der Waals surface area contributed by atoms with Crippen LogP contribution in [0.4, 0.5) is 0 Å². The lowest BCUT2D eigenvalue weighted by molar-refractivity contribution is -0.136. The Labute approximate surface area is 112 Å². The first-order valence-corrected chi connectivity index (χ1v) is 7.20. The predicted octanol–water partition coefficient (Wildman–Crippen LogP) is 1.33. The number of ether oxygens (including phenoxy) is 1. The smallest absolute Gasteiger partial charge is 0.230 e. The van der Waals surface area contributed by atoms with E-state index in [9.17, 15) is 4.79 Å². The minimum absolute atomic E-state index is 0.0464. The fourth-order valence-electron chi connectivity index (χ4n) is 2.25. The van der Waals surface area contributed by atoms with Gasteiger partial charge >= 0.3 is 0 Å². The van der Waals surface area contributed by atoms with Crippen LogP contribution in [-0.4, -0.2) is 43.7 Å². The van der Waals surface area contributed by atoms with Gasteiger partial charge in [-0.3, -0.25) is 4.79 Å². The first-order valence-electron chi connectivity index (χ1n) is 6.32. The molecular formula is C13H20N2O2S. The maximum absolute atomic E-state index is 12.5. The highest BCUT2D eigenvalue weighted by Gasteiger charge is 2.35. The minimum atomic E-state index is -0.0464. The van der Waals surface area contributed by atoms with Crippen LogP contribution in [0.5, 0.6) is 0 Å². The first kappa shape index (κ1) is 13.5. The van der Waals surface area contributed by atoms with E-state index in [0.29, 0.717) is 19.8 Å². The van der Waals surface area contributed by atoms with Gasteiger partial charge in [0.1, 0.15) is 0 Å². The Bertz CT molecular complexity index is 380. The van der Waals surface area contributed by atoms with Crippen LogP contribution in [0.25, 0.3) is 0 Å². The second-order valence-electron chi connectivity index (χ2n) is 4.47. The van der Waals surface area contributed by atoms with E-state index in [1.54, 1.807) is 11.3 Å². The molecule has 2 heterocycles. The molecule has 1 fully saturated rings. The lowest BCUT2D eigenvalue weighted by Crippen LogP contribution is -2.44. The van der Waals surface area contributed by atoms with Gasteiger partial charge in [-0.15, -0.1) is 11.3 Å². The molecule has 5 heteroatoms. The van der Waals surface area contributed by atoms with Crippen molar-refractivity contribution in [3.63, 3.8) is 0 Å². The molecule has 1 saturated heterocycles. The molecule has 18 heavy (non-hydrogen) atoms. The van der Waals surface area contributed by atoms with Crippen LogP contribution in [-0.2, 0) is 16.1 Å². The fourth-order valence-corrected chi connectivity index (χ4v) is 2.97. The zero-order valence-corrected chi connectivity index (χ0v) is 11.7. The SMILES string of the molecule is CCN(Cc1cccs1)C(=O)C1COCC1NC. The van der Waals surface area contributed by atoms with Gasteiger partial charge in [0.15, 0.2) is 0 Å². The van der Waals surface area contributed by atoms with Crippen molar-refractivity contribution in [2.24, 2.45) is 5.92 Å². The third-order valence-electron chi connectivity index (χ3n) is 3.39. The Kier molecular flexibility index (Phi) is 4.74. The summed E-state index contributed by atoms with van der Waals surface area (Å²) in [6, 6.07) is 4.24. The normalized spacial score (nSPS) is 23.2. The molecular weight excluding hydrogens is 248 g/mol. The van der Waals surface area contributed by atoms with Crippen molar-refractivity contribution < 1.29 is 9.53 Å². The van der Waals surface area contributed by atoms with Crippen LogP contribution in [0.15, 0.2) is 17.5 Å². The molecule has 1 aromatic rings. The lowest BCUT2D eigenvalue weighted by Gasteiger charge is -2.25. The molecule has 1 amide bonds. The summed E-state index contributed by atoms with van der Waals surface area (Å²) in [5, 5.41) is 5.21. The molecule has 0 spiro atoms. The van der Waals surface area contributed by atoms with Crippen LogP contribution in [0, 0.1) is 5.92 Å². The Balaban J connectivity index is 2.01. The van der Waals surface area contributed by atoms with Crippen molar-refractivity contribution in [1.29, 1.82) is 0 Å². The monoisotopic (exact) mass is 268 g/mol. The standard InChI is InChI=1S/C13H20N2O2S/c1-3-15(7-10-5-4-6-18-10)13(16)11-8-17-9-12(11)14-2/h4-6,11-12,14H,3,7-9H2,1-2H3. The molecule has 1 aliphatic rings. The molecule has 0 aliphatic carbocycles. The molecule has 1 aliphatic heterocycles. The summed E-state index contributed by atoms with van der Waals surface area (Å²) in [6.45, 7) is 4.63. The second-order valence-corrected chi connectivity index (χ2v) is 5.50. The Hall–Kier alpha value is -0.910. The van der Waals surface area contributed by atoms with Crippen molar-refractivity contribution in [3.05, 3.63) is 22.4 Å². The number of carbonyl (C=O) groups excluding carboxylic acids is 1. The summed E-state index contributed by atoms with van der Waals surface area (Å²) in [6.07, 6.45) is 0. The zero-order valence-electron chi connectivity index (χ0n) is 10.9. The van der Waals surface area contributed by atoms with E-state index in [2.05, 4.69) is 11.4 Å². The zero-order chi connectivity index (χ0) is 13.0. The highest BCUT2D eigenvalue weighted by molar-refractivity contribution is 7.09. The highest BCUT2D eigenvalue weighted by Crippen LogP contribution is 2.19. The maximum atomic E-state index is 12.5. The average Bonchev–Trinajstić information content (AvgIpc) is 3.05. The number of likely N-dealkylation sites (N-methyl/N-ethyl adjacent to an activating group) is 1. The van der Waals surface area contributed by atoms with Gasteiger partial charge in [-0.1, -0.05) is 6.07 Å². The van der Waals surface area contributed by atoms with Crippen LogP contribution >= 0.6 is 11.3 Å². The summed E-state index contributed by atoms with van der Waals surface area (Å²) < 4.78 is 5.40. The van der Waals surface area contributed by atoms with E-state index >= 15 is 0 Å². The van der Waals surface area contributed by atoms with Crippen molar-refractivity contribution in [2.75, 3.05) is 26.8 Å². The molecule has 2 rings (SSSR count). The minimum Gasteiger partial charge on any atom is -0.379 e. The van der Waals surface area contributed by atoms with E-state index in [0.717, 1.165) is 6.54 Å². The van der Waals surface area contributed by atoms with E-state index in [1.165, 1.54) is 4.88 Å². The number of hydrogen-bond donors (Lipinski definition) is 1. The van der Waals surface area contributed by atoms with Crippen LogP contribution in [0.1, 0.15) is 11.8 Å². The predicted molar refractivity (Wildman–Crippen MR) is 72.6 cm³/mol. The molecule has 1 N–H and O–H groups in total. The Morgan fingerprint density at radius 3 is 3.06 bits per heavy atom. The summed E-state index contributed by atoms with van der Waals surface area (Å²) in [5.74, 6) is 0.151. The van der Waals surface area contributed by atoms with Crippen molar-refractivity contribution in [1.82, 2.24) is 10.2 Å². The number of hydrogen-bond acceptors (Lipinski definition) is 4. The summed E-state index contributed by atoms with van der Waals surface area (Å²) in [5.41, 5.74) is 0. The van der Waals surface area contributed by atoms with Gasteiger partial charge in [0.05, 0.1) is 25.7 Å². The number of thiophene rings is 1.